The van der Waals surface area contributed by atoms with Gasteiger partial charge in [0.15, 0.2) is 10.8 Å². The van der Waals surface area contributed by atoms with Crippen molar-refractivity contribution >= 4 is 40.3 Å². The molecule has 2 aromatic rings. The zero-order valence-corrected chi connectivity index (χ0v) is 22.4. The third kappa shape index (κ3) is 11.0. The van der Waals surface area contributed by atoms with Crippen LogP contribution >= 0.6 is 23.2 Å². The van der Waals surface area contributed by atoms with Crippen LogP contribution in [0.2, 0.25) is 10.4 Å². The predicted molar refractivity (Wildman–Crippen MR) is 139 cm³/mol. The van der Waals surface area contributed by atoms with Gasteiger partial charge in [0.1, 0.15) is 17.4 Å². The minimum Gasteiger partial charge on any atom is -0.457 e. The van der Waals surface area contributed by atoms with Crippen LogP contribution in [0.15, 0.2) is 0 Å². The first-order chi connectivity index (χ1) is 17.0. The van der Waals surface area contributed by atoms with Crippen molar-refractivity contribution in [3.63, 3.8) is 0 Å². The molecule has 0 bridgehead atoms. The van der Waals surface area contributed by atoms with Crippen molar-refractivity contribution < 1.29 is 19.7 Å². The van der Waals surface area contributed by atoms with Crippen molar-refractivity contribution in [1.82, 2.24) is 19.5 Å². The predicted octanol–water partition coefficient (Wildman–Crippen LogP) is 5.80. The normalized spacial score (nSPS) is 11.6. The summed E-state index contributed by atoms with van der Waals surface area (Å²) in [5, 5.41) is 18.3. The van der Waals surface area contributed by atoms with E-state index in [1.807, 2.05) is 6.92 Å². The Bertz CT molecular complexity index is 890. The molecule has 2 rings (SSSR count). The lowest BCUT2D eigenvalue weighted by Crippen LogP contribution is -2.25. The van der Waals surface area contributed by atoms with Crippen LogP contribution in [0.5, 0.6) is 0 Å². The van der Waals surface area contributed by atoms with Crippen molar-refractivity contribution in [2.75, 3.05) is 13.2 Å². The molecule has 198 valence electrons. The van der Waals surface area contributed by atoms with Gasteiger partial charge >= 0.3 is 5.97 Å². The molecule has 2 N–H and O–H groups in total. The number of hydrogen-bond acceptors (Lipinski definition) is 7. The van der Waals surface area contributed by atoms with Crippen LogP contribution < -0.4 is 0 Å². The van der Waals surface area contributed by atoms with E-state index in [2.05, 4.69) is 19.5 Å². The SMILES string of the molecule is Cc1nc2nc(Cl)nc(Cl)c2n1CCCCCCCCCCCCCCCC(=O)OC(CO)CO. The van der Waals surface area contributed by atoms with E-state index in [0.29, 0.717) is 17.2 Å². The minimum atomic E-state index is -0.787. The Kier molecular flexibility index (Phi) is 14.5. The van der Waals surface area contributed by atoms with Crippen molar-refractivity contribution in [2.24, 2.45) is 0 Å². The summed E-state index contributed by atoms with van der Waals surface area (Å²) in [6.45, 7) is 2.14. The molecule has 0 spiro atoms. The fraction of sp³-hybridized carbons (Fsp3) is 0.760. The molecule has 0 aliphatic carbocycles. The second kappa shape index (κ2) is 17.1. The Morgan fingerprint density at radius 1 is 0.829 bits per heavy atom. The molecular formula is C25H40Cl2N4O4. The molecule has 0 aromatic carbocycles. The molecule has 0 aliphatic rings. The minimum absolute atomic E-state index is 0.125. The summed E-state index contributed by atoms with van der Waals surface area (Å²) in [4.78, 5) is 24.2. The van der Waals surface area contributed by atoms with Crippen molar-refractivity contribution in [3.8, 4) is 0 Å². The van der Waals surface area contributed by atoms with Crippen LogP contribution in [0, 0.1) is 6.92 Å². The van der Waals surface area contributed by atoms with Crippen LogP contribution in [0.25, 0.3) is 11.2 Å². The number of fused-ring (bicyclic) bond motifs is 1. The summed E-state index contributed by atoms with van der Waals surface area (Å²) in [5.41, 5.74) is 1.33. The molecule has 2 heterocycles. The maximum Gasteiger partial charge on any atom is 0.306 e. The molecule has 0 saturated heterocycles. The first-order valence-electron chi connectivity index (χ1n) is 12.9. The van der Waals surface area contributed by atoms with Gasteiger partial charge in [0.2, 0.25) is 5.28 Å². The number of aryl methyl sites for hydroxylation is 2. The molecule has 0 atom stereocenters. The topological polar surface area (TPSA) is 110 Å². The zero-order valence-electron chi connectivity index (χ0n) is 20.9. The Hall–Kier alpha value is -1.48. The van der Waals surface area contributed by atoms with E-state index in [9.17, 15) is 4.79 Å². The third-order valence-corrected chi connectivity index (χ3v) is 6.62. The molecule has 0 radical (unpaired) electrons. The zero-order chi connectivity index (χ0) is 25.5. The van der Waals surface area contributed by atoms with Gasteiger partial charge in [-0.2, -0.15) is 4.98 Å². The first-order valence-corrected chi connectivity index (χ1v) is 13.7. The highest BCUT2D eigenvalue weighted by Gasteiger charge is 2.14. The quantitative estimate of drug-likeness (QED) is 0.102. The molecule has 2 aromatic heterocycles. The number of halogens is 2. The summed E-state index contributed by atoms with van der Waals surface area (Å²) in [7, 11) is 0. The Morgan fingerprint density at radius 2 is 1.34 bits per heavy atom. The number of carbonyl (C=O) groups excluding carboxylic acids is 1. The largest absolute Gasteiger partial charge is 0.457 e. The molecule has 35 heavy (non-hydrogen) atoms. The van der Waals surface area contributed by atoms with Gasteiger partial charge in [0.25, 0.3) is 0 Å². The van der Waals surface area contributed by atoms with E-state index in [1.54, 1.807) is 0 Å². The molecule has 0 aliphatic heterocycles. The summed E-state index contributed by atoms with van der Waals surface area (Å²) in [6, 6.07) is 0. The number of ether oxygens (including phenoxy) is 1. The maximum absolute atomic E-state index is 11.6. The summed E-state index contributed by atoms with van der Waals surface area (Å²) < 4.78 is 7.04. The molecule has 8 nitrogen and oxygen atoms in total. The lowest BCUT2D eigenvalue weighted by molar-refractivity contribution is -0.153. The second-order valence-corrected chi connectivity index (χ2v) is 9.79. The number of hydrogen-bond donors (Lipinski definition) is 2. The van der Waals surface area contributed by atoms with E-state index >= 15 is 0 Å². The van der Waals surface area contributed by atoms with Gasteiger partial charge in [0.05, 0.1) is 13.2 Å². The van der Waals surface area contributed by atoms with Crippen LogP contribution in [0.3, 0.4) is 0 Å². The molecule has 0 amide bonds. The number of rotatable bonds is 19. The average Bonchev–Trinajstić information content (AvgIpc) is 3.14. The van der Waals surface area contributed by atoms with Crippen molar-refractivity contribution in [3.05, 3.63) is 16.3 Å². The smallest absolute Gasteiger partial charge is 0.306 e. The maximum atomic E-state index is 11.6. The highest BCUT2D eigenvalue weighted by Crippen LogP contribution is 2.24. The van der Waals surface area contributed by atoms with Gasteiger partial charge in [-0.15, -0.1) is 0 Å². The van der Waals surface area contributed by atoms with Gasteiger partial charge in [-0.3, -0.25) is 4.79 Å². The van der Waals surface area contributed by atoms with E-state index in [4.69, 9.17) is 38.2 Å². The molecular weight excluding hydrogens is 491 g/mol. The van der Waals surface area contributed by atoms with Crippen molar-refractivity contribution in [2.45, 2.75) is 109 Å². The summed E-state index contributed by atoms with van der Waals surface area (Å²) in [5.74, 6) is 0.544. The lowest BCUT2D eigenvalue weighted by atomic mass is 10.0. The molecule has 0 unspecified atom stereocenters. The Labute approximate surface area is 218 Å². The Morgan fingerprint density at radius 3 is 1.89 bits per heavy atom. The number of aliphatic hydroxyl groups excluding tert-OH is 2. The first kappa shape index (κ1) is 29.7. The standard InChI is InChI=1S/C25H40Cl2N4O4/c1-19-28-24-22(23(26)29-25(27)30-24)31(19)16-14-12-10-8-6-4-2-3-5-7-9-11-13-15-21(34)35-20(17-32)18-33/h20,32-33H,2-18H2,1H3. The van der Waals surface area contributed by atoms with Gasteiger partial charge in [-0.1, -0.05) is 82.2 Å². The number of aromatic nitrogens is 4. The van der Waals surface area contributed by atoms with E-state index in [1.165, 1.54) is 57.8 Å². The fourth-order valence-corrected chi connectivity index (χ4v) is 4.69. The highest BCUT2D eigenvalue weighted by atomic mass is 35.5. The van der Waals surface area contributed by atoms with Crippen LogP contribution in [-0.2, 0) is 16.1 Å². The van der Waals surface area contributed by atoms with Crippen molar-refractivity contribution in [1.29, 1.82) is 0 Å². The highest BCUT2D eigenvalue weighted by molar-refractivity contribution is 6.35. The number of imidazole rings is 1. The number of esters is 1. The number of nitrogens with zero attached hydrogens (tertiary/aromatic N) is 4. The number of aliphatic hydroxyl groups is 2. The van der Waals surface area contributed by atoms with E-state index in [-0.39, 0.29) is 24.5 Å². The Balaban J connectivity index is 1.41. The third-order valence-electron chi connectivity index (χ3n) is 6.19. The van der Waals surface area contributed by atoms with Gasteiger partial charge in [0, 0.05) is 13.0 Å². The van der Waals surface area contributed by atoms with Gasteiger partial charge in [-0.05, 0) is 31.4 Å². The van der Waals surface area contributed by atoms with Crippen LogP contribution in [-0.4, -0.2) is 55.0 Å². The summed E-state index contributed by atoms with van der Waals surface area (Å²) in [6.07, 6.45) is 14.9. The molecule has 0 fully saturated rings. The fourth-order valence-electron chi connectivity index (χ4n) is 4.21. The van der Waals surface area contributed by atoms with E-state index < -0.39 is 6.10 Å². The van der Waals surface area contributed by atoms with Gasteiger partial charge < -0.3 is 19.5 Å². The van der Waals surface area contributed by atoms with Crippen LogP contribution in [0.1, 0.15) is 95.7 Å². The number of carbonyl (C=O) groups is 1. The van der Waals surface area contributed by atoms with Crippen LogP contribution in [0.4, 0.5) is 0 Å². The number of unbranched alkanes of at least 4 members (excludes halogenated alkanes) is 12. The van der Waals surface area contributed by atoms with Gasteiger partial charge in [-0.25, -0.2) is 9.97 Å². The molecule has 10 heteroatoms. The summed E-state index contributed by atoms with van der Waals surface area (Å²) >= 11 is 12.1. The average molecular weight is 532 g/mol. The monoisotopic (exact) mass is 530 g/mol. The second-order valence-electron chi connectivity index (χ2n) is 9.09. The molecule has 0 saturated carbocycles. The van der Waals surface area contributed by atoms with E-state index in [0.717, 1.165) is 43.6 Å². The lowest BCUT2D eigenvalue weighted by Gasteiger charge is -2.12.